The highest BCUT2D eigenvalue weighted by Crippen LogP contribution is 2.43. The summed E-state index contributed by atoms with van der Waals surface area (Å²) < 4.78 is 33.2. The van der Waals surface area contributed by atoms with Gasteiger partial charge in [0.2, 0.25) is 0 Å². The summed E-state index contributed by atoms with van der Waals surface area (Å²) in [5.74, 6) is -0.911. The van der Waals surface area contributed by atoms with Crippen molar-refractivity contribution in [3.63, 3.8) is 0 Å². The second-order valence-electron chi connectivity index (χ2n) is 11.4. The third-order valence-corrected chi connectivity index (χ3v) is 7.27. The van der Waals surface area contributed by atoms with Gasteiger partial charge in [0.25, 0.3) is 0 Å². The Labute approximate surface area is 249 Å². The second kappa shape index (κ2) is 25.0. The fraction of sp³-hybridized carbons (Fsp3) is 0.806. The van der Waals surface area contributed by atoms with Crippen molar-refractivity contribution in [2.24, 2.45) is 0 Å². The minimum atomic E-state index is -4.33. The van der Waals surface area contributed by atoms with Gasteiger partial charge in [0.1, 0.15) is 19.8 Å². The van der Waals surface area contributed by atoms with Crippen molar-refractivity contribution >= 4 is 19.8 Å². The number of hydrogen-bond donors (Lipinski definition) is 1. The number of phosphoric ester groups is 1. The number of ether oxygens (including phenoxy) is 2. The van der Waals surface area contributed by atoms with Gasteiger partial charge in [0, 0.05) is 12.8 Å². The Morgan fingerprint density at radius 1 is 0.780 bits per heavy atom. The Morgan fingerprint density at radius 3 is 1.95 bits per heavy atom. The molecule has 41 heavy (non-hydrogen) atoms. The average molecular weight is 605 g/mol. The number of rotatable bonds is 27. The van der Waals surface area contributed by atoms with Crippen LogP contribution in [-0.4, -0.2) is 74.9 Å². The zero-order valence-electron chi connectivity index (χ0n) is 26.5. The first-order valence-electron chi connectivity index (χ1n) is 15.6. The van der Waals surface area contributed by atoms with Crippen LogP contribution in [0.3, 0.4) is 0 Å². The maximum absolute atomic E-state index is 12.3. The first-order valence-corrected chi connectivity index (χ1v) is 17.1. The molecular weight excluding hydrogens is 545 g/mol. The van der Waals surface area contributed by atoms with E-state index in [-0.39, 0.29) is 26.1 Å². The average Bonchev–Trinajstić information content (AvgIpc) is 2.90. The molecular formula is C31H59NO8P+. The summed E-state index contributed by atoms with van der Waals surface area (Å²) in [7, 11) is 1.46. The first-order chi connectivity index (χ1) is 19.5. The lowest BCUT2D eigenvalue weighted by atomic mass is 10.1. The molecule has 0 aliphatic carbocycles. The molecule has 0 rings (SSSR count). The number of phosphoric acid groups is 1. The zero-order chi connectivity index (χ0) is 30.8. The Morgan fingerprint density at radius 2 is 1.37 bits per heavy atom. The molecule has 0 aromatic heterocycles. The molecule has 9 nitrogen and oxygen atoms in total. The monoisotopic (exact) mass is 604 g/mol. The summed E-state index contributed by atoms with van der Waals surface area (Å²) in [6.07, 6.45) is 23.1. The molecule has 240 valence electrons. The van der Waals surface area contributed by atoms with Gasteiger partial charge in [-0.1, -0.05) is 83.1 Å². The topological polar surface area (TPSA) is 108 Å². The van der Waals surface area contributed by atoms with Gasteiger partial charge < -0.3 is 18.9 Å². The predicted octanol–water partition coefficient (Wildman–Crippen LogP) is 7.28. The van der Waals surface area contributed by atoms with Crippen molar-refractivity contribution in [1.29, 1.82) is 0 Å². The van der Waals surface area contributed by atoms with E-state index in [1.165, 1.54) is 44.9 Å². The Kier molecular flexibility index (Phi) is 24.1. The van der Waals surface area contributed by atoms with E-state index in [0.29, 0.717) is 17.4 Å². The number of allylic oxidation sites excluding steroid dienone is 4. The molecule has 0 aromatic rings. The van der Waals surface area contributed by atoms with Crippen molar-refractivity contribution in [3.05, 3.63) is 24.3 Å². The lowest BCUT2D eigenvalue weighted by molar-refractivity contribution is -0.870. The van der Waals surface area contributed by atoms with Crippen LogP contribution in [0.25, 0.3) is 0 Å². The minimum absolute atomic E-state index is 0.0285. The lowest BCUT2D eigenvalue weighted by Crippen LogP contribution is -2.37. The number of quaternary nitrogens is 1. The van der Waals surface area contributed by atoms with Crippen LogP contribution in [0.2, 0.25) is 0 Å². The largest absolute Gasteiger partial charge is 0.472 e. The van der Waals surface area contributed by atoms with Gasteiger partial charge in [-0.2, -0.15) is 0 Å². The highest BCUT2D eigenvalue weighted by atomic mass is 31.2. The molecule has 0 saturated heterocycles. The molecule has 0 heterocycles. The van der Waals surface area contributed by atoms with Gasteiger partial charge in [0.15, 0.2) is 6.10 Å². The Bertz CT molecular complexity index is 779. The molecule has 0 fully saturated rings. The van der Waals surface area contributed by atoms with Gasteiger partial charge in [-0.15, -0.1) is 0 Å². The molecule has 0 amide bonds. The number of nitrogens with zero attached hydrogens (tertiary/aromatic N) is 1. The fourth-order valence-electron chi connectivity index (χ4n) is 3.73. The number of hydrogen-bond acceptors (Lipinski definition) is 7. The zero-order valence-corrected chi connectivity index (χ0v) is 27.4. The fourth-order valence-corrected chi connectivity index (χ4v) is 4.47. The highest BCUT2D eigenvalue weighted by molar-refractivity contribution is 7.47. The second-order valence-corrected chi connectivity index (χ2v) is 12.9. The highest BCUT2D eigenvalue weighted by Gasteiger charge is 2.26. The van der Waals surface area contributed by atoms with Crippen molar-refractivity contribution < 1.29 is 42.1 Å². The van der Waals surface area contributed by atoms with Crippen molar-refractivity contribution in [2.75, 3.05) is 47.5 Å². The molecule has 2 atom stereocenters. The standard InChI is InChI=1S/C31H58NO8P/c1-6-8-9-10-11-12-13-14-15-16-17-18-19-20-21-22-23-24-31(34)40-29(27-37-30(33)7-2)28-39-41(35,36)38-26-25-32(3,4)5/h11-12,14-15,29H,6-10,13,16-28H2,1-5H3/p+1/b12-11-,15-14-. The van der Waals surface area contributed by atoms with E-state index in [9.17, 15) is 19.0 Å². The molecule has 0 radical (unpaired) electrons. The van der Waals surface area contributed by atoms with Crippen molar-refractivity contribution in [3.8, 4) is 0 Å². The molecule has 0 aliphatic rings. The number of carbonyl (C=O) groups excluding carboxylic acids is 2. The van der Waals surface area contributed by atoms with Gasteiger partial charge in [-0.3, -0.25) is 18.6 Å². The summed E-state index contributed by atoms with van der Waals surface area (Å²) in [6.45, 7) is 3.76. The van der Waals surface area contributed by atoms with E-state index >= 15 is 0 Å². The van der Waals surface area contributed by atoms with Crippen molar-refractivity contribution in [1.82, 2.24) is 0 Å². The van der Waals surface area contributed by atoms with E-state index < -0.39 is 32.5 Å². The molecule has 0 spiro atoms. The van der Waals surface area contributed by atoms with Gasteiger partial charge >= 0.3 is 19.8 Å². The lowest BCUT2D eigenvalue weighted by Gasteiger charge is -2.24. The summed E-state index contributed by atoms with van der Waals surface area (Å²) in [6, 6.07) is 0. The normalized spacial score (nSPS) is 14.4. The first kappa shape index (κ1) is 39.5. The van der Waals surface area contributed by atoms with Gasteiger partial charge in [0.05, 0.1) is 27.7 Å². The molecule has 0 saturated carbocycles. The summed E-state index contributed by atoms with van der Waals surface area (Å²) in [5, 5.41) is 0. The van der Waals surface area contributed by atoms with E-state index in [1.807, 2.05) is 21.1 Å². The third-order valence-electron chi connectivity index (χ3n) is 6.29. The summed E-state index contributed by atoms with van der Waals surface area (Å²) in [4.78, 5) is 33.8. The summed E-state index contributed by atoms with van der Waals surface area (Å²) in [5.41, 5.74) is 0. The van der Waals surface area contributed by atoms with Crippen LogP contribution in [0.1, 0.15) is 110 Å². The SMILES string of the molecule is CCCCC/C=C\C/C=C\CCCCCCCCCC(=O)OC(COC(=O)CC)COP(=O)(O)OCC[N+](C)(C)C. The Hall–Kier alpha value is -1.51. The van der Waals surface area contributed by atoms with Crippen LogP contribution < -0.4 is 0 Å². The molecule has 0 aliphatic heterocycles. The van der Waals surface area contributed by atoms with Gasteiger partial charge in [-0.05, 0) is 38.5 Å². The van der Waals surface area contributed by atoms with Crippen LogP contribution in [0.4, 0.5) is 0 Å². The van der Waals surface area contributed by atoms with Crippen molar-refractivity contribution in [2.45, 2.75) is 116 Å². The predicted molar refractivity (Wildman–Crippen MR) is 164 cm³/mol. The van der Waals surface area contributed by atoms with E-state index in [0.717, 1.165) is 32.1 Å². The maximum Gasteiger partial charge on any atom is 0.472 e. The summed E-state index contributed by atoms with van der Waals surface area (Å²) >= 11 is 0. The molecule has 10 heteroatoms. The van der Waals surface area contributed by atoms with Crippen LogP contribution in [0, 0.1) is 0 Å². The number of esters is 2. The molecule has 0 bridgehead atoms. The smallest absolute Gasteiger partial charge is 0.462 e. The number of unbranched alkanes of at least 4 members (excludes halogenated alkanes) is 10. The molecule has 1 N–H and O–H groups in total. The van der Waals surface area contributed by atoms with Crippen LogP contribution in [0.15, 0.2) is 24.3 Å². The number of likely N-dealkylation sites (N-methyl/N-ethyl adjacent to an activating group) is 1. The molecule has 2 unspecified atom stereocenters. The maximum atomic E-state index is 12.3. The number of carbonyl (C=O) groups is 2. The van der Waals surface area contributed by atoms with Crippen LogP contribution >= 0.6 is 7.82 Å². The third kappa shape index (κ3) is 28.4. The minimum Gasteiger partial charge on any atom is -0.462 e. The van der Waals surface area contributed by atoms with Crippen LogP contribution in [0.5, 0.6) is 0 Å². The molecule has 0 aromatic carbocycles. The van der Waals surface area contributed by atoms with Gasteiger partial charge in [-0.25, -0.2) is 4.57 Å². The Balaban J connectivity index is 4.10. The quantitative estimate of drug-likeness (QED) is 0.0343. The van der Waals surface area contributed by atoms with Crippen LogP contribution in [-0.2, 0) is 32.7 Å². The van der Waals surface area contributed by atoms with E-state index in [2.05, 4.69) is 31.2 Å². The van der Waals surface area contributed by atoms with E-state index in [4.69, 9.17) is 18.5 Å². The van der Waals surface area contributed by atoms with E-state index in [1.54, 1.807) is 6.92 Å².